The number of hydrogen-bond donors (Lipinski definition) is 2. The molecule has 4 heteroatoms. The number of unbranched alkanes of at least 4 members (excludes halogenated alkanes) is 1. The summed E-state index contributed by atoms with van der Waals surface area (Å²) in [7, 11) is 0. The van der Waals surface area contributed by atoms with E-state index in [1.807, 2.05) is 6.92 Å². The van der Waals surface area contributed by atoms with Crippen LogP contribution in [0.15, 0.2) is 0 Å². The summed E-state index contributed by atoms with van der Waals surface area (Å²) in [5.74, 6) is 1.18. The van der Waals surface area contributed by atoms with Crippen molar-refractivity contribution in [2.75, 3.05) is 12.4 Å². The number of amides is 1. The summed E-state index contributed by atoms with van der Waals surface area (Å²) in [6.45, 7) is 6.37. The van der Waals surface area contributed by atoms with E-state index in [-0.39, 0.29) is 29.2 Å². The smallest absolute Gasteiger partial charge is 0.233 e. The zero-order valence-corrected chi connectivity index (χ0v) is 12.7. The van der Waals surface area contributed by atoms with Crippen molar-refractivity contribution in [1.82, 2.24) is 5.32 Å². The fourth-order valence-corrected chi connectivity index (χ4v) is 3.47. The van der Waals surface area contributed by atoms with E-state index in [0.29, 0.717) is 0 Å². The largest absolute Gasteiger partial charge is 0.396 e. The van der Waals surface area contributed by atoms with Gasteiger partial charge in [0.15, 0.2) is 0 Å². The van der Waals surface area contributed by atoms with Crippen LogP contribution in [0.5, 0.6) is 0 Å². The molecule has 106 valence electrons. The summed E-state index contributed by atoms with van der Waals surface area (Å²) < 4.78 is 0. The predicted octanol–water partition coefficient (Wildman–Crippen LogP) is 2.58. The van der Waals surface area contributed by atoms with Gasteiger partial charge in [0.25, 0.3) is 0 Å². The van der Waals surface area contributed by atoms with Gasteiger partial charge in [0.2, 0.25) is 5.91 Å². The van der Waals surface area contributed by atoms with E-state index in [4.69, 9.17) is 0 Å². The van der Waals surface area contributed by atoms with Gasteiger partial charge in [0, 0.05) is 11.5 Å². The zero-order chi connectivity index (χ0) is 13.6. The molecule has 0 aromatic heterocycles. The second-order valence-electron chi connectivity index (χ2n) is 5.63. The number of aliphatic hydroxyl groups excluding tert-OH is 1. The van der Waals surface area contributed by atoms with Crippen LogP contribution in [0.25, 0.3) is 0 Å². The quantitative estimate of drug-likeness (QED) is 0.701. The maximum Gasteiger partial charge on any atom is 0.233 e. The third kappa shape index (κ3) is 4.16. The zero-order valence-electron chi connectivity index (χ0n) is 11.9. The van der Waals surface area contributed by atoms with Gasteiger partial charge in [0.05, 0.1) is 11.9 Å². The first-order chi connectivity index (χ1) is 8.53. The molecule has 1 aliphatic carbocycles. The van der Waals surface area contributed by atoms with Crippen LogP contribution in [0.1, 0.15) is 52.9 Å². The Balaban J connectivity index is 2.39. The predicted molar refractivity (Wildman–Crippen MR) is 77.8 cm³/mol. The van der Waals surface area contributed by atoms with E-state index in [0.717, 1.165) is 25.0 Å². The molecular weight excluding hydrogens is 246 g/mol. The first-order valence-electron chi connectivity index (χ1n) is 7.06. The average molecular weight is 273 g/mol. The Kier molecular flexibility index (Phi) is 6.50. The fraction of sp³-hybridized carbons (Fsp3) is 0.929. The molecule has 1 fully saturated rings. The first kappa shape index (κ1) is 15.8. The Morgan fingerprint density at radius 2 is 2.33 bits per heavy atom. The third-order valence-corrected chi connectivity index (χ3v) is 5.23. The maximum atomic E-state index is 12.1. The number of carbonyl (C=O) groups excluding carboxylic acids is 1. The second-order valence-corrected chi connectivity index (χ2v) is 7.08. The number of aliphatic hydroxyl groups is 1. The normalized spacial score (nSPS) is 29.2. The van der Waals surface area contributed by atoms with E-state index in [1.165, 1.54) is 12.8 Å². The van der Waals surface area contributed by atoms with E-state index in [9.17, 15) is 9.90 Å². The Hall–Kier alpha value is -0.220. The minimum absolute atomic E-state index is 0.0140. The molecular formula is C14H27NO2S. The molecule has 1 aliphatic rings. The first-order valence-corrected chi connectivity index (χ1v) is 8.11. The van der Waals surface area contributed by atoms with E-state index in [2.05, 4.69) is 19.2 Å². The molecule has 0 aliphatic heterocycles. The molecule has 1 rings (SSSR count). The molecule has 1 saturated carbocycles. The molecule has 0 aromatic carbocycles. The maximum absolute atomic E-state index is 12.1. The van der Waals surface area contributed by atoms with Crippen LogP contribution in [0.3, 0.4) is 0 Å². The summed E-state index contributed by atoms with van der Waals surface area (Å²) in [5, 5.41) is 12.6. The van der Waals surface area contributed by atoms with Crippen molar-refractivity contribution >= 4 is 17.7 Å². The lowest BCUT2D eigenvalue weighted by atomic mass is 9.86. The Morgan fingerprint density at radius 1 is 1.61 bits per heavy atom. The number of rotatable bonds is 7. The van der Waals surface area contributed by atoms with E-state index in [1.54, 1.807) is 11.8 Å². The SMILES string of the molecule is CCCCS[C@H](C)C(=O)N[C@@H]1CCC[C@]1(C)CO. The topological polar surface area (TPSA) is 49.3 Å². The molecule has 0 radical (unpaired) electrons. The summed E-state index contributed by atoms with van der Waals surface area (Å²) >= 11 is 1.73. The molecule has 3 atom stereocenters. The van der Waals surface area contributed by atoms with Gasteiger partial charge >= 0.3 is 0 Å². The van der Waals surface area contributed by atoms with Crippen molar-refractivity contribution in [2.45, 2.75) is 64.2 Å². The van der Waals surface area contributed by atoms with Crippen LogP contribution in [-0.4, -0.2) is 34.7 Å². The van der Waals surface area contributed by atoms with Crippen LogP contribution in [0, 0.1) is 5.41 Å². The van der Waals surface area contributed by atoms with Crippen LogP contribution < -0.4 is 5.32 Å². The van der Waals surface area contributed by atoms with Crippen molar-refractivity contribution in [3.8, 4) is 0 Å². The highest BCUT2D eigenvalue weighted by Gasteiger charge is 2.39. The number of carbonyl (C=O) groups is 1. The number of nitrogens with one attached hydrogen (secondary N) is 1. The van der Waals surface area contributed by atoms with Gasteiger partial charge in [-0.2, -0.15) is 0 Å². The van der Waals surface area contributed by atoms with Crippen LogP contribution in [-0.2, 0) is 4.79 Å². The Bertz CT molecular complexity index is 273. The highest BCUT2D eigenvalue weighted by molar-refractivity contribution is 8.00. The van der Waals surface area contributed by atoms with Crippen LogP contribution in [0.2, 0.25) is 0 Å². The molecule has 0 saturated heterocycles. The van der Waals surface area contributed by atoms with E-state index >= 15 is 0 Å². The van der Waals surface area contributed by atoms with Crippen LogP contribution in [0.4, 0.5) is 0 Å². The molecule has 0 unspecified atom stereocenters. The minimum Gasteiger partial charge on any atom is -0.396 e. The fourth-order valence-electron chi connectivity index (χ4n) is 2.44. The van der Waals surface area contributed by atoms with Crippen molar-refractivity contribution in [3.05, 3.63) is 0 Å². The molecule has 0 aromatic rings. The van der Waals surface area contributed by atoms with Crippen LogP contribution >= 0.6 is 11.8 Å². The van der Waals surface area contributed by atoms with Gasteiger partial charge in [-0.05, 0) is 31.9 Å². The van der Waals surface area contributed by atoms with Gasteiger partial charge < -0.3 is 10.4 Å². The highest BCUT2D eigenvalue weighted by Crippen LogP contribution is 2.37. The molecule has 3 nitrogen and oxygen atoms in total. The number of hydrogen-bond acceptors (Lipinski definition) is 3. The summed E-state index contributed by atoms with van der Waals surface area (Å²) in [4.78, 5) is 12.1. The van der Waals surface area contributed by atoms with Gasteiger partial charge in [-0.25, -0.2) is 0 Å². The van der Waals surface area contributed by atoms with E-state index < -0.39 is 0 Å². The average Bonchev–Trinajstić information content (AvgIpc) is 2.72. The lowest BCUT2D eigenvalue weighted by Crippen LogP contribution is -2.47. The van der Waals surface area contributed by atoms with Gasteiger partial charge in [0.1, 0.15) is 0 Å². The minimum atomic E-state index is -0.122. The molecule has 1 amide bonds. The van der Waals surface area contributed by atoms with Gasteiger partial charge in [-0.1, -0.05) is 26.7 Å². The second kappa shape index (κ2) is 7.39. The molecule has 2 N–H and O–H groups in total. The molecule has 0 bridgehead atoms. The monoisotopic (exact) mass is 273 g/mol. The highest BCUT2D eigenvalue weighted by atomic mass is 32.2. The Morgan fingerprint density at radius 3 is 2.94 bits per heavy atom. The summed E-state index contributed by atoms with van der Waals surface area (Å²) in [6, 6.07) is 0.143. The summed E-state index contributed by atoms with van der Waals surface area (Å²) in [5.41, 5.74) is -0.122. The molecule has 0 spiro atoms. The standard InChI is InChI=1S/C14H27NO2S/c1-4-5-9-18-11(2)13(17)15-12-7-6-8-14(12,3)10-16/h11-12,16H,4-10H2,1-3H3,(H,15,17)/t11-,12-,14-/m1/s1. The van der Waals surface area contributed by atoms with Gasteiger partial charge in [-0.15, -0.1) is 11.8 Å². The lowest BCUT2D eigenvalue weighted by Gasteiger charge is -2.30. The van der Waals surface area contributed by atoms with Crippen molar-refractivity contribution in [1.29, 1.82) is 0 Å². The molecule has 18 heavy (non-hydrogen) atoms. The van der Waals surface area contributed by atoms with Gasteiger partial charge in [-0.3, -0.25) is 4.79 Å². The summed E-state index contributed by atoms with van der Waals surface area (Å²) in [6.07, 6.45) is 5.44. The van der Waals surface area contributed by atoms with Crippen molar-refractivity contribution in [3.63, 3.8) is 0 Å². The molecule has 0 heterocycles. The third-order valence-electron chi connectivity index (χ3n) is 3.99. The lowest BCUT2D eigenvalue weighted by molar-refractivity contribution is -0.121. The van der Waals surface area contributed by atoms with Crippen molar-refractivity contribution in [2.24, 2.45) is 5.41 Å². The number of thioether (sulfide) groups is 1. The Labute approximate surface area is 115 Å². The van der Waals surface area contributed by atoms with Crippen molar-refractivity contribution < 1.29 is 9.90 Å².